The molecule has 0 aliphatic heterocycles. The number of nitrogens with zero attached hydrogens (tertiary/aromatic N) is 2. The van der Waals surface area contributed by atoms with Gasteiger partial charge < -0.3 is 4.90 Å². The number of pyridine rings is 1. The molecule has 1 aromatic rings. The highest BCUT2D eigenvalue weighted by atomic mass is 79.9. The minimum Gasteiger partial charge on any atom is -0.342 e. The lowest BCUT2D eigenvalue weighted by atomic mass is 10.2. The fraction of sp³-hybridized carbons (Fsp3) is 0.333. The summed E-state index contributed by atoms with van der Waals surface area (Å²) in [6.45, 7) is 4.38. The Hall–Kier alpha value is -1.16. The van der Waals surface area contributed by atoms with E-state index in [9.17, 15) is 4.79 Å². The molecular formula is C12H15BrN2O. The van der Waals surface area contributed by atoms with E-state index >= 15 is 0 Å². The summed E-state index contributed by atoms with van der Waals surface area (Å²) in [5.74, 6) is -0.0102. The molecule has 0 spiro atoms. The van der Waals surface area contributed by atoms with Crippen molar-refractivity contribution in [2.45, 2.75) is 12.8 Å². The Morgan fingerprint density at radius 1 is 1.69 bits per heavy atom. The van der Waals surface area contributed by atoms with Gasteiger partial charge in [-0.2, -0.15) is 0 Å². The van der Waals surface area contributed by atoms with Gasteiger partial charge in [-0.3, -0.25) is 4.79 Å². The maximum Gasteiger partial charge on any atom is 0.256 e. The number of carbonyl (C=O) groups excluding carboxylic acids is 1. The summed E-state index contributed by atoms with van der Waals surface area (Å²) in [5.41, 5.74) is 0.601. The molecule has 4 heteroatoms. The second kappa shape index (κ2) is 6.43. The summed E-state index contributed by atoms with van der Waals surface area (Å²) in [6, 6.07) is 3.53. The molecule has 0 bridgehead atoms. The average Bonchev–Trinajstić information content (AvgIpc) is 2.29. The zero-order valence-corrected chi connectivity index (χ0v) is 10.9. The van der Waals surface area contributed by atoms with Gasteiger partial charge in [0.15, 0.2) is 0 Å². The maximum atomic E-state index is 12.0. The standard InChI is InChI=1S/C12H15BrN2O/c1-3-4-5-9-15(2)12(16)10-7-6-8-14-11(10)13/h3,6-8H,1,4-5,9H2,2H3. The van der Waals surface area contributed by atoms with E-state index in [1.807, 2.05) is 6.08 Å². The molecular weight excluding hydrogens is 268 g/mol. The maximum absolute atomic E-state index is 12.0. The van der Waals surface area contributed by atoms with Gasteiger partial charge in [-0.15, -0.1) is 6.58 Å². The number of halogens is 1. The van der Waals surface area contributed by atoms with Crippen molar-refractivity contribution < 1.29 is 4.79 Å². The van der Waals surface area contributed by atoms with Crippen LogP contribution in [0.1, 0.15) is 23.2 Å². The average molecular weight is 283 g/mol. The van der Waals surface area contributed by atoms with Crippen molar-refractivity contribution in [2.24, 2.45) is 0 Å². The highest BCUT2D eigenvalue weighted by molar-refractivity contribution is 9.10. The Kier molecular flexibility index (Phi) is 5.19. The first-order chi connectivity index (χ1) is 7.66. The summed E-state index contributed by atoms with van der Waals surface area (Å²) in [4.78, 5) is 17.7. The highest BCUT2D eigenvalue weighted by Gasteiger charge is 2.14. The van der Waals surface area contributed by atoms with E-state index in [0.717, 1.165) is 19.4 Å². The molecule has 1 heterocycles. The number of aromatic nitrogens is 1. The van der Waals surface area contributed by atoms with Crippen molar-refractivity contribution in [3.63, 3.8) is 0 Å². The van der Waals surface area contributed by atoms with Gasteiger partial charge in [0.05, 0.1) is 5.56 Å². The largest absolute Gasteiger partial charge is 0.342 e. The van der Waals surface area contributed by atoms with Gasteiger partial charge >= 0.3 is 0 Å². The molecule has 0 fully saturated rings. The molecule has 0 radical (unpaired) electrons. The van der Waals surface area contributed by atoms with Crippen LogP contribution < -0.4 is 0 Å². The molecule has 0 saturated heterocycles. The van der Waals surface area contributed by atoms with Crippen molar-refractivity contribution in [3.05, 3.63) is 41.2 Å². The molecule has 3 nitrogen and oxygen atoms in total. The smallest absolute Gasteiger partial charge is 0.256 e. The minimum atomic E-state index is -0.0102. The van der Waals surface area contributed by atoms with E-state index in [2.05, 4.69) is 27.5 Å². The van der Waals surface area contributed by atoms with E-state index in [0.29, 0.717) is 10.2 Å². The Morgan fingerprint density at radius 2 is 2.44 bits per heavy atom. The lowest BCUT2D eigenvalue weighted by Crippen LogP contribution is -2.28. The Morgan fingerprint density at radius 3 is 3.06 bits per heavy atom. The first-order valence-electron chi connectivity index (χ1n) is 5.13. The molecule has 0 aliphatic carbocycles. The molecule has 0 aromatic carbocycles. The predicted octanol–water partition coefficient (Wildman–Crippen LogP) is 2.88. The molecule has 0 saturated carbocycles. The third kappa shape index (κ3) is 3.45. The first kappa shape index (κ1) is 12.9. The van der Waals surface area contributed by atoms with Crippen LogP contribution in [0.5, 0.6) is 0 Å². The van der Waals surface area contributed by atoms with E-state index in [1.165, 1.54) is 0 Å². The first-order valence-corrected chi connectivity index (χ1v) is 5.93. The summed E-state index contributed by atoms with van der Waals surface area (Å²) in [7, 11) is 1.80. The highest BCUT2D eigenvalue weighted by Crippen LogP contribution is 2.14. The molecule has 0 N–H and O–H groups in total. The molecule has 0 unspecified atom stereocenters. The fourth-order valence-corrected chi connectivity index (χ4v) is 1.75. The quantitative estimate of drug-likeness (QED) is 0.473. The monoisotopic (exact) mass is 282 g/mol. The van der Waals surface area contributed by atoms with E-state index in [-0.39, 0.29) is 5.91 Å². The third-order valence-electron chi connectivity index (χ3n) is 2.24. The van der Waals surface area contributed by atoms with Crippen molar-refractivity contribution in [1.82, 2.24) is 9.88 Å². The van der Waals surface area contributed by atoms with Crippen LogP contribution in [0.15, 0.2) is 35.6 Å². The van der Waals surface area contributed by atoms with Crippen LogP contribution in [0.3, 0.4) is 0 Å². The SMILES string of the molecule is C=CCCCN(C)C(=O)c1cccnc1Br. The summed E-state index contributed by atoms with van der Waals surface area (Å²) >= 11 is 3.27. The lowest BCUT2D eigenvalue weighted by Gasteiger charge is -2.17. The van der Waals surface area contributed by atoms with E-state index < -0.39 is 0 Å². The molecule has 0 atom stereocenters. The lowest BCUT2D eigenvalue weighted by molar-refractivity contribution is 0.0792. The zero-order valence-electron chi connectivity index (χ0n) is 9.32. The third-order valence-corrected chi connectivity index (χ3v) is 2.87. The van der Waals surface area contributed by atoms with Crippen LogP contribution in [0, 0.1) is 0 Å². The molecule has 0 aliphatic rings. The van der Waals surface area contributed by atoms with Gasteiger partial charge in [0, 0.05) is 19.8 Å². The molecule has 16 heavy (non-hydrogen) atoms. The van der Waals surface area contributed by atoms with Crippen LogP contribution in [-0.4, -0.2) is 29.4 Å². The normalized spacial score (nSPS) is 9.88. The summed E-state index contributed by atoms with van der Waals surface area (Å²) < 4.78 is 0.593. The molecule has 1 amide bonds. The van der Waals surface area contributed by atoms with Gasteiger partial charge in [0.1, 0.15) is 4.60 Å². The van der Waals surface area contributed by atoms with Gasteiger partial charge in [-0.25, -0.2) is 4.98 Å². The minimum absolute atomic E-state index is 0.0102. The van der Waals surface area contributed by atoms with E-state index in [4.69, 9.17) is 0 Å². The van der Waals surface area contributed by atoms with Crippen LogP contribution in [0.25, 0.3) is 0 Å². The van der Waals surface area contributed by atoms with Gasteiger partial charge in [0.2, 0.25) is 0 Å². The van der Waals surface area contributed by atoms with Crippen molar-refractivity contribution >= 4 is 21.8 Å². The fourth-order valence-electron chi connectivity index (χ4n) is 1.33. The zero-order chi connectivity index (χ0) is 12.0. The van der Waals surface area contributed by atoms with Crippen LogP contribution in [-0.2, 0) is 0 Å². The number of hydrogen-bond donors (Lipinski definition) is 0. The van der Waals surface area contributed by atoms with Crippen LogP contribution in [0.4, 0.5) is 0 Å². The van der Waals surface area contributed by atoms with Crippen molar-refractivity contribution in [2.75, 3.05) is 13.6 Å². The number of allylic oxidation sites excluding steroid dienone is 1. The number of hydrogen-bond acceptors (Lipinski definition) is 2. The molecule has 1 aromatic heterocycles. The van der Waals surface area contributed by atoms with Gasteiger partial charge in [-0.1, -0.05) is 6.08 Å². The number of amides is 1. The summed E-state index contributed by atoms with van der Waals surface area (Å²) in [5, 5.41) is 0. The van der Waals surface area contributed by atoms with Crippen LogP contribution in [0.2, 0.25) is 0 Å². The molecule has 86 valence electrons. The van der Waals surface area contributed by atoms with E-state index in [1.54, 1.807) is 30.3 Å². The second-order valence-corrected chi connectivity index (χ2v) is 4.25. The Labute approximate surface area is 104 Å². The molecule has 1 rings (SSSR count). The van der Waals surface area contributed by atoms with Crippen molar-refractivity contribution in [1.29, 1.82) is 0 Å². The topological polar surface area (TPSA) is 33.2 Å². The second-order valence-electron chi connectivity index (χ2n) is 3.50. The number of carbonyl (C=O) groups is 1. The number of rotatable bonds is 5. The van der Waals surface area contributed by atoms with Crippen LogP contribution >= 0.6 is 15.9 Å². The van der Waals surface area contributed by atoms with Gasteiger partial charge in [0.25, 0.3) is 5.91 Å². The summed E-state index contributed by atoms with van der Waals surface area (Å²) in [6.07, 6.45) is 5.37. The Balaban J connectivity index is 2.63. The van der Waals surface area contributed by atoms with Gasteiger partial charge in [-0.05, 0) is 40.9 Å². The predicted molar refractivity (Wildman–Crippen MR) is 68.3 cm³/mol. The number of unbranched alkanes of at least 4 members (excludes halogenated alkanes) is 1. The van der Waals surface area contributed by atoms with Crippen molar-refractivity contribution in [3.8, 4) is 0 Å². The Bertz CT molecular complexity index is 379.